The van der Waals surface area contributed by atoms with Crippen molar-refractivity contribution >= 4 is 35.6 Å². The number of nitrogens with two attached hydrogens (primary N) is 1. The van der Waals surface area contributed by atoms with E-state index in [0.717, 1.165) is 11.1 Å². The van der Waals surface area contributed by atoms with Crippen LogP contribution in [0.4, 0.5) is 15.3 Å². The van der Waals surface area contributed by atoms with Gasteiger partial charge in [-0.15, -0.1) is 0 Å². The molecule has 3 aromatic rings. The first-order valence-corrected chi connectivity index (χ1v) is 18.7. The molecule has 1 aliphatic carbocycles. The third-order valence-electron chi connectivity index (χ3n) is 8.99. The van der Waals surface area contributed by atoms with Crippen LogP contribution in [0.1, 0.15) is 88.8 Å². The molecule has 13 heteroatoms. The van der Waals surface area contributed by atoms with Crippen molar-refractivity contribution in [1.29, 1.82) is 0 Å². The van der Waals surface area contributed by atoms with Gasteiger partial charge in [0.25, 0.3) is 5.91 Å². The fourth-order valence-corrected chi connectivity index (χ4v) is 6.28. The van der Waals surface area contributed by atoms with E-state index in [-0.39, 0.29) is 43.3 Å². The first-order chi connectivity index (χ1) is 25.9. The van der Waals surface area contributed by atoms with Gasteiger partial charge in [-0.3, -0.25) is 25.2 Å². The van der Waals surface area contributed by atoms with Crippen LogP contribution in [0.3, 0.4) is 0 Å². The predicted octanol–water partition coefficient (Wildman–Crippen LogP) is 5.89. The summed E-state index contributed by atoms with van der Waals surface area (Å²) in [4.78, 5) is 62.5. The van der Waals surface area contributed by atoms with Gasteiger partial charge in [0.2, 0.25) is 11.8 Å². The molecule has 54 heavy (non-hydrogen) atoms. The Morgan fingerprint density at radius 1 is 0.704 bits per heavy atom. The normalized spacial score (nSPS) is 12.9. The number of fused-ring (bicyclic) bond motifs is 3. The molecule has 7 N–H and O–H groups in total. The maximum Gasteiger partial charge on any atom is 0.408 e. The molecule has 1 aliphatic rings. The molecule has 4 rings (SSSR count). The lowest BCUT2D eigenvalue weighted by Crippen LogP contribution is -2.52. The van der Waals surface area contributed by atoms with Crippen molar-refractivity contribution in [3.63, 3.8) is 0 Å². The highest BCUT2D eigenvalue weighted by Crippen LogP contribution is 2.44. The molecule has 0 saturated heterocycles. The number of hydrogen-bond acceptors (Lipinski definition) is 8. The number of nitrogens with one attached hydrogen (secondary N) is 5. The topological polar surface area (TPSA) is 190 Å². The van der Waals surface area contributed by atoms with E-state index in [1.54, 1.807) is 24.3 Å². The van der Waals surface area contributed by atoms with Crippen LogP contribution in [-0.4, -0.2) is 55.1 Å². The van der Waals surface area contributed by atoms with Crippen molar-refractivity contribution in [2.75, 3.05) is 18.5 Å². The summed E-state index contributed by atoms with van der Waals surface area (Å²) in [6.45, 7) is 8.41. The summed E-state index contributed by atoms with van der Waals surface area (Å²) in [7, 11) is 0. The van der Waals surface area contributed by atoms with Crippen LogP contribution >= 0.6 is 0 Å². The molecule has 290 valence electrons. The van der Waals surface area contributed by atoms with Crippen LogP contribution < -0.4 is 32.5 Å². The Balaban J connectivity index is 1.09. The number of amides is 5. The zero-order valence-electron chi connectivity index (χ0n) is 31.6. The third kappa shape index (κ3) is 12.9. The molecule has 0 fully saturated rings. The summed E-state index contributed by atoms with van der Waals surface area (Å²) >= 11 is 0. The molecule has 2 atom stereocenters. The summed E-state index contributed by atoms with van der Waals surface area (Å²) in [5.74, 6) is -0.863. The lowest BCUT2D eigenvalue weighted by molar-refractivity contribution is -0.130. The molecule has 0 heterocycles. The van der Waals surface area contributed by atoms with E-state index in [4.69, 9.17) is 15.2 Å². The molecule has 5 amide bonds. The number of unbranched alkanes of at least 4 members (excludes halogenated alkanes) is 2. The number of carbonyl (C=O) groups excluding carboxylic acids is 5. The lowest BCUT2D eigenvalue weighted by atomic mass is 9.98. The second-order valence-corrected chi connectivity index (χ2v) is 14.4. The Hall–Kier alpha value is -5.43. The number of hydrazine groups is 1. The number of ether oxygens (including phenoxy) is 2. The van der Waals surface area contributed by atoms with Crippen LogP contribution in [0.25, 0.3) is 11.1 Å². The van der Waals surface area contributed by atoms with Gasteiger partial charge in [0.05, 0.1) is 6.04 Å². The van der Waals surface area contributed by atoms with E-state index in [9.17, 15) is 24.0 Å². The highest BCUT2D eigenvalue weighted by Gasteiger charge is 2.29. The average molecular weight is 743 g/mol. The molecule has 13 nitrogen and oxygen atoms in total. The van der Waals surface area contributed by atoms with E-state index < -0.39 is 30.2 Å². The number of benzene rings is 3. The molecule has 0 bridgehead atoms. The smallest absolute Gasteiger partial charge is 0.408 e. The van der Waals surface area contributed by atoms with Gasteiger partial charge in [-0.2, -0.15) is 0 Å². The van der Waals surface area contributed by atoms with Crippen LogP contribution in [0, 0.1) is 11.8 Å². The Labute approximate surface area is 317 Å². The third-order valence-corrected chi connectivity index (χ3v) is 8.99. The fourth-order valence-electron chi connectivity index (χ4n) is 6.28. The zero-order valence-corrected chi connectivity index (χ0v) is 31.6. The zero-order chi connectivity index (χ0) is 39.0. The highest BCUT2D eigenvalue weighted by atomic mass is 16.6. The van der Waals surface area contributed by atoms with Crippen LogP contribution in [0.5, 0.6) is 0 Å². The second-order valence-electron chi connectivity index (χ2n) is 14.4. The van der Waals surface area contributed by atoms with E-state index >= 15 is 0 Å². The molecule has 0 aliphatic heterocycles. The summed E-state index contributed by atoms with van der Waals surface area (Å²) < 4.78 is 10.9. The molecule has 0 aromatic heterocycles. The molecular weight excluding hydrogens is 688 g/mol. The second kappa shape index (κ2) is 20.7. The van der Waals surface area contributed by atoms with Gasteiger partial charge < -0.3 is 31.2 Å². The number of anilines is 1. The Morgan fingerprint density at radius 2 is 1.33 bits per heavy atom. The summed E-state index contributed by atoms with van der Waals surface area (Å²) in [6.07, 6.45) is 1.68. The van der Waals surface area contributed by atoms with Gasteiger partial charge in [0, 0.05) is 24.6 Å². The van der Waals surface area contributed by atoms with Crippen molar-refractivity contribution < 1.29 is 33.4 Å². The molecule has 3 aromatic carbocycles. The Kier molecular flexibility index (Phi) is 15.9. The van der Waals surface area contributed by atoms with E-state index in [1.807, 2.05) is 52.0 Å². The van der Waals surface area contributed by atoms with Crippen LogP contribution in [0.2, 0.25) is 0 Å². The SMILES string of the molecule is CC(C)C[C@H](N)C(=O)Nc1ccc(COC(=O)N[C@H](CC(C)C)C(=O)NNC(=O)CCCCCNC(=O)OCC2c3ccccc3-c3ccccc32)cc1. The van der Waals surface area contributed by atoms with Crippen molar-refractivity contribution in [1.82, 2.24) is 21.5 Å². The van der Waals surface area contributed by atoms with Gasteiger partial charge >= 0.3 is 12.2 Å². The van der Waals surface area contributed by atoms with Crippen molar-refractivity contribution in [2.24, 2.45) is 17.6 Å². The first-order valence-electron chi connectivity index (χ1n) is 18.7. The predicted molar refractivity (Wildman–Crippen MR) is 207 cm³/mol. The first kappa shape index (κ1) is 41.3. The molecule has 0 unspecified atom stereocenters. The lowest BCUT2D eigenvalue weighted by Gasteiger charge is -2.20. The largest absolute Gasteiger partial charge is 0.449 e. The molecule has 0 saturated carbocycles. The molecule has 0 spiro atoms. The minimum Gasteiger partial charge on any atom is -0.449 e. The van der Waals surface area contributed by atoms with Gasteiger partial charge in [-0.05, 0) is 77.5 Å². The van der Waals surface area contributed by atoms with Gasteiger partial charge in [0.15, 0.2) is 0 Å². The Morgan fingerprint density at radius 3 is 1.96 bits per heavy atom. The van der Waals surface area contributed by atoms with E-state index in [2.05, 4.69) is 51.1 Å². The maximum atomic E-state index is 12.9. The number of rotatable bonds is 18. The van der Waals surface area contributed by atoms with Crippen molar-refractivity contribution in [2.45, 2.75) is 90.8 Å². The summed E-state index contributed by atoms with van der Waals surface area (Å²) in [5, 5.41) is 8.13. The highest BCUT2D eigenvalue weighted by molar-refractivity contribution is 5.94. The minimum absolute atomic E-state index is 0.00926. The maximum absolute atomic E-state index is 12.9. The molecular formula is C41H54N6O7. The minimum atomic E-state index is -0.936. The quantitative estimate of drug-likeness (QED) is 0.0688. The standard InChI is InChI=1S/C41H54N6O7/c1-26(2)22-35(42)38(49)44-29-19-17-28(18-20-29)24-53-41(52)45-36(23-27(3)4)39(50)47-46-37(48)16-6-5-11-21-43-40(51)54-25-34-32-14-9-7-12-30(32)31-13-8-10-15-33(31)34/h7-10,12-15,17-20,26-27,34-36H,5-6,11,16,21-25,42H2,1-4H3,(H,43,51)(H,44,49)(H,45,52)(H,46,48)(H,47,50)/t35-,36+/m0/s1. The number of hydrogen-bond donors (Lipinski definition) is 6. The van der Waals surface area contributed by atoms with Crippen molar-refractivity contribution in [3.8, 4) is 11.1 Å². The number of alkyl carbamates (subject to hydrolysis) is 2. The summed E-state index contributed by atoms with van der Waals surface area (Å²) in [6, 6.07) is 21.6. The molecule has 0 radical (unpaired) electrons. The van der Waals surface area contributed by atoms with E-state index in [0.29, 0.717) is 55.8 Å². The van der Waals surface area contributed by atoms with Gasteiger partial charge in [-0.1, -0.05) is 94.8 Å². The monoisotopic (exact) mass is 742 g/mol. The average Bonchev–Trinajstić information content (AvgIpc) is 3.46. The van der Waals surface area contributed by atoms with Gasteiger partial charge in [-0.25, -0.2) is 9.59 Å². The number of carbonyl (C=O) groups is 5. The van der Waals surface area contributed by atoms with Gasteiger partial charge in [0.1, 0.15) is 19.3 Å². The Bertz CT molecular complexity index is 1680. The van der Waals surface area contributed by atoms with Crippen LogP contribution in [-0.2, 0) is 30.5 Å². The fraction of sp³-hybridized carbons (Fsp3) is 0.439. The van der Waals surface area contributed by atoms with Crippen LogP contribution in [0.15, 0.2) is 72.8 Å². The van der Waals surface area contributed by atoms with Crippen molar-refractivity contribution in [3.05, 3.63) is 89.5 Å². The summed E-state index contributed by atoms with van der Waals surface area (Å²) in [5.41, 5.74) is 16.6. The van der Waals surface area contributed by atoms with E-state index in [1.165, 1.54) is 11.1 Å².